The lowest BCUT2D eigenvalue weighted by atomic mass is 10.1. The standard InChI is InChI=1S/C11H16ClN/c1-3-5-9-8-10(12)6-7-11(9)13-4-2/h6-8,13H,3-5H2,1-2H3. The van der Waals surface area contributed by atoms with E-state index in [1.165, 1.54) is 11.3 Å². The van der Waals surface area contributed by atoms with E-state index in [1.807, 2.05) is 12.1 Å². The van der Waals surface area contributed by atoms with E-state index in [9.17, 15) is 0 Å². The van der Waals surface area contributed by atoms with Gasteiger partial charge >= 0.3 is 0 Å². The number of anilines is 1. The zero-order chi connectivity index (χ0) is 9.68. The fraction of sp³-hybridized carbons (Fsp3) is 0.455. The maximum Gasteiger partial charge on any atom is 0.0410 e. The van der Waals surface area contributed by atoms with Gasteiger partial charge in [-0.1, -0.05) is 24.9 Å². The minimum Gasteiger partial charge on any atom is -0.385 e. The van der Waals surface area contributed by atoms with Crippen molar-refractivity contribution >= 4 is 17.3 Å². The molecule has 1 N–H and O–H groups in total. The molecule has 13 heavy (non-hydrogen) atoms. The summed E-state index contributed by atoms with van der Waals surface area (Å²) < 4.78 is 0. The van der Waals surface area contributed by atoms with Crippen molar-refractivity contribution in [3.8, 4) is 0 Å². The second kappa shape index (κ2) is 5.13. The number of hydrogen-bond acceptors (Lipinski definition) is 1. The Balaban J connectivity index is 2.89. The molecule has 72 valence electrons. The van der Waals surface area contributed by atoms with Gasteiger partial charge < -0.3 is 5.32 Å². The summed E-state index contributed by atoms with van der Waals surface area (Å²) in [7, 11) is 0. The van der Waals surface area contributed by atoms with Crippen molar-refractivity contribution in [2.24, 2.45) is 0 Å². The third-order valence-electron chi connectivity index (χ3n) is 1.95. The number of rotatable bonds is 4. The molecule has 0 spiro atoms. The first-order chi connectivity index (χ1) is 6.27. The number of aryl methyl sites for hydroxylation is 1. The minimum atomic E-state index is 0.824. The Morgan fingerprint density at radius 3 is 2.69 bits per heavy atom. The Hall–Kier alpha value is -0.690. The summed E-state index contributed by atoms with van der Waals surface area (Å²) in [5.41, 5.74) is 2.53. The monoisotopic (exact) mass is 197 g/mol. The predicted molar refractivity (Wildman–Crippen MR) is 59.6 cm³/mol. The summed E-state index contributed by atoms with van der Waals surface area (Å²) in [6.07, 6.45) is 2.24. The third-order valence-corrected chi connectivity index (χ3v) is 2.19. The first kappa shape index (κ1) is 10.4. The van der Waals surface area contributed by atoms with E-state index < -0.39 is 0 Å². The van der Waals surface area contributed by atoms with Gasteiger partial charge in [0.1, 0.15) is 0 Å². The molecule has 0 saturated carbocycles. The van der Waals surface area contributed by atoms with Crippen molar-refractivity contribution in [2.45, 2.75) is 26.7 Å². The van der Waals surface area contributed by atoms with Gasteiger partial charge in [0.15, 0.2) is 0 Å². The van der Waals surface area contributed by atoms with Crippen LogP contribution in [0.2, 0.25) is 5.02 Å². The van der Waals surface area contributed by atoms with E-state index in [-0.39, 0.29) is 0 Å². The van der Waals surface area contributed by atoms with Gasteiger partial charge in [-0.3, -0.25) is 0 Å². The topological polar surface area (TPSA) is 12.0 Å². The van der Waals surface area contributed by atoms with E-state index in [1.54, 1.807) is 0 Å². The van der Waals surface area contributed by atoms with Gasteiger partial charge in [-0.2, -0.15) is 0 Å². The van der Waals surface area contributed by atoms with Crippen LogP contribution in [0.1, 0.15) is 25.8 Å². The lowest BCUT2D eigenvalue weighted by Crippen LogP contribution is -2.00. The molecule has 1 rings (SSSR count). The van der Waals surface area contributed by atoms with Crippen LogP contribution in [-0.2, 0) is 6.42 Å². The van der Waals surface area contributed by atoms with E-state index in [0.717, 1.165) is 24.4 Å². The number of halogens is 1. The Bertz CT molecular complexity index is 271. The highest BCUT2D eigenvalue weighted by Crippen LogP contribution is 2.21. The molecule has 0 fully saturated rings. The molecule has 1 aromatic rings. The summed E-state index contributed by atoms with van der Waals surface area (Å²) in [4.78, 5) is 0. The fourth-order valence-corrected chi connectivity index (χ4v) is 1.60. The molecule has 0 bridgehead atoms. The van der Waals surface area contributed by atoms with E-state index >= 15 is 0 Å². The molecule has 0 saturated heterocycles. The average Bonchev–Trinajstić information content (AvgIpc) is 2.10. The maximum absolute atomic E-state index is 5.92. The van der Waals surface area contributed by atoms with Crippen molar-refractivity contribution in [1.29, 1.82) is 0 Å². The number of nitrogens with one attached hydrogen (secondary N) is 1. The Kier molecular flexibility index (Phi) is 4.10. The average molecular weight is 198 g/mol. The van der Waals surface area contributed by atoms with Gasteiger partial charge in [0.05, 0.1) is 0 Å². The van der Waals surface area contributed by atoms with Crippen molar-refractivity contribution < 1.29 is 0 Å². The number of hydrogen-bond donors (Lipinski definition) is 1. The second-order valence-electron chi connectivity index (χ2n) is 3.08. The van der Waals surface area contributed by atoms with Crippen molar-refractivity contribution in [2.75, 3.05) is 11.9 Å². The van der Waals surface area contributed by atoms with Crippen molar-refractivity contribution in [3.63, 3.8) is 0 Å². The van der Waals surface area contributed by atoms with E-state index in [0.29, 0.717) is 0 Å². The largest absolute Gasteiger partial charge is 0.385 e. The summed E-state index contributed by atoms with van der Waals surface area (Å²) >= 11 is 5.92. The van der Waals surface area contributed by atoms with Crippen LogP contribution in [0.15, 0.2) is 18.2 Å². The highest BCUT2D eigenvalue weighted by Gasteiger charge is 2.00. The fourth-order valence-electron chi connectivity index (χ4n) is 1.40. The van der Waals surface area contributed by atoms with E-state index in [4.69, 9.17) is 11.6 Å². The molecule has 0 unspecified atom stereocenters. The Morgan fingerprint density at radius 2 is 2.08 bits per heavy atom. The lowest BCUT2D eigenvalue weighted by Gasteiger charge is -2.09. The SMILES string of the molecule is CCCc1cc(Cl)ccc1NCC. The van der Waals surface area contributed by atoms with Crippen LogP contribution in [0.5, 0.6) is 0 Å². The van der Waals surface area contributed by atoms with Crippen LogP contribution in [0.4, 0.5) is 5.69 Å². The predicted octanol–water partition coefficient (Wildman–Crippen LogP) is 3.72. The number of benzene rings is 1. The maximum atomic E-state index is 5.92. The van der Waals surface area contributed by atoms with Crippen molar-refractivity contribution in [1.82, 2.24) is 0 Å². The smallest absolute Gasteiger partial charge is 0.0410 e. The lowest BCUT2D eigenvalue weighted by molar-refractivity contribution is 0.921. The molecule has 0 aliphatic carbocycles. The molecule has 1 nitrogen and oxygen atoms in total. The molecular weight excluding hydrogens is 182 g/mol. The van der Waals surface area contributed by atoms with Gasteiger partial charge in [-0.15, -0.1) is 0 Å². The molecular formula is C11H16ClN. The first-order valence-corrected chi connectivity index (χ1v) is 5.18. The van der Waals surface area contributed by atoms with Gasteiger partial charge in [-0.25, -0.2) is 0 Å². The van der Waals surface area contributed by atoms with Crippen LogP contribution < -0.4 is 5.32 Å². The van der Waals surface area contributed by atoms with Gasteiger partial charge in [0.25, 0.3) is 0 Å². The zero-order valence-corrected chi connectivity index (χ0v) is 8.99. The Morgan fingerprint density at radius 1 is 1.31 bits per heavy atom. The van der Waals surface area contributed by atoms with Gasteiger partial charge in [-0.05, 0) is 37.1 Å². The molecule has 1 aromatic carbocycles. The molecule has 0 aromatic heterocycles. The third kappa shape index (κ3) is 2.92. The Labute approximate surface area is 85.1 Å². The second-order valence-corrected chi connectivity index (χ2v) is 3.52. The van der Waals surface area contributed by atoms with Crippen LogP contribution in [0, 0.1) is 0 Å². The summed E-state index contributed by atoms with van der Waals surface area (Å²) in [6.45, 7) is 5.24. The van der Waals surface area contributed by atoms with Crippen LogP contribution in [0.3, 0.4) is 0 Å². The molecule has 0 aliphatic rings. The molecule has 0 radical (unpaired) electrons. The quantitative estimate of drug-likeness (QED) is 0.776. The highest BCUT2D eigenvalue weighted by molar-refractivity contribution is 6.30. The minimum absolute atomic E-state index is 0.824. The van der Waals surface area contributed by atoms with Gasteiger partial charge in [0.2, 0.25) is 0 Å². The highest BCUT2D eigenvalue weighted by atomic mass is 35.5. The zero-order valence-electron chi connectivity index (χ0n) is 8.23. The van der Waals surface area contributed by atoms with E-state index in [2.05, 4.69) is 25.2 Å². The summed E-state index contributed by atoms with van der Waals surface area (Å²) in [5, 5.41) is 4.15. The molecule has 0 heterocycles. The summed E-state index contributed by atoms with van der Waals surface area (Å²) in [5.74, 6) is 0. The molecule has 2 heteroatoms. The molecule has 0 atom stereocenters. The summed E-state index contributed by atoms with van der Waals surface area (Å²) in [6, 6.07) is 6.03. The van der Waals surface area contributed by atoms with Crippen molar-refractivity contribution in [3.05, 3.63) is 28.8 Å². The van der Waals surface area contributed by atoms with Crippen LogP contribution in [0.25, 0.3) is 0 Å². The molecule has 0 aliphatic heterocycles. The van der Waals surface area contributed by atoms with Crippen LogP contribution in [-0.4, -0.2) is 6.54 Å². The normalized spacial score (nSPS) is 10.1. The van der Waals surface area contributed by atoms with Crippen LogP contribution >= 0.6 is 11.6 Å². The molecule has 0 amide bonds. The first-order valence-electron chi connectivity index (χ1n) is 4.80. The van der Waals surface area contributed by atoms with Gasteiger partial charge in [0, 0.05) is 17.3 Å².